The van der Waals surface area contributed by atoms with E-state index in [4.69, 9.17) is 33.7 Å². The van der Waals surface area contributed by atoms with Crippen molar-refractivity contribution < 1.29 is 9.53 Å². The van der Waals surface area contributed by atoms with Crippen molar-refractivity contribution in [2.75, 3.05) is 6.61 Å². The van der Waals surface area contributed by atoms with Crippen LogP contribution >= 0.6 is 23.2 Å². The minimum Gasteiger partial charge on any atom is -0.491 e. The second-order valence-electron chi connectivity index (χ2n) is 4.11. The van der Waals surface area contributed by atoms with Gasteiger partial charge in [0, 0.05) is 5.02 Å². The first-order chi connectivity index (χ1) is 7.33. The molecular weight excluding hydrogens is 249 g/mol. The van der Waals surface area contributed by atoms with Crippen molar-refractivity contribution in [2.24, 2.45) is 11.1 Å². The molecule has 2 N–H and O–H groups in total. The van der Waals surface area contributed by atoms with Crippen molar-refractivity contribution >= 4 is 29.1 Å². The number of amides is 1. The molecule has 0 radical (unpaired) electrons. The predicted molar refractivity (Wildman–Crippen MR) is 64.9 cm³/mol. The van der Waals surface area contributed by atoms with Gasteiger partial charge in [0.2, 0.25) is 5.91 Å². The first-order valence-electron chi connectivity index (χ1n) is 4.71. The summed E-state index contributed by atoms with van der Waals surface area (Å²) in [6.07, 6.45) is 0. The van der Waals surface area contributed by atoms with Gasteiger partial charge in [0.1, 0.15) is 12.4 Å². The van der Waals surface area contributed by atoms with Crippen LogP contribution in [0.5, 0.6) is 5.75 Å². The van der Waals surface area contributed by atoms with Crippen LogP contribution in [0.15, 0.2) is 18.2 Å². The molecule has 88 valence electrons. The normalized spacial score (nSPS) is 11.2. The molecule has 1 amide bonds. The lowest BCUT2D eigenvalue weighted by Gasteiger charge is -2.21. The Kier molecular flexibility index (Phi) is 4.05. The predicted octanol–water partition coefficient (Wildman–Crippen LogP) is 2.88. The van der Waals surface area contributed by atoms with E-state index in [2.05, 4.69) is 0 Å². The fourth-order valence-electron chi connectivity index (χ4n) is 0.922. The molecule has 0 fully saturated rings. The summed E-state index contributed by atoms with van der Waals surface area (Å²) in [7, 11) is 0. The van der Waals surface area contributed by atoms with E-state index in [1.165, 1.54) is 0 Å². The summed E-state index contributed by atoms with van der Waals surface area (Å²) in [6, 6.07) is 4.90. The average Bonchev–Trinajstić information content (AvgIpc) is 2.16. The van der Waals surface area contributed by atoms with Gasteiger partial charge in [0.15, 0.2) is 0 Å². The first-order valence-corrected chi connectivity index (χ1v) is 5.46. The Morgan fingerprint density at radius 2 is 2.06 bits per heavy atom. The highest BCUT2D eigenvalue weighted by Gasteiger charge is 2.26. The minimum absolute atomic E-state index is 0.170. The van der Waals surface area contributed by atoms with Crippen LogP contribution in [0.25, 0.3) is 0 Å². The molecule has 0 aliphatic carbocycles. The molecule has 16 heavy (non-hydrogen) atoms. The maximum absolute atomic E-state index is 11.1. The van der Waals surface area contributed by atoms with Crippen LogP contribution in [0.1, 0.15) is 13.8 Å². The van der Waals surface area contributed by atoms with Crippen molar-refractivity contribution in [1.29, 1.82) is 0 Å². The number of nitrogens with two attached hydrogens (primary N) is 1. The van der Waals surface area contributed by atoms with E-state index < -0.39 is 11.3 Å². The van der Waals surface area contributed by atoms with Gasteiger partial charge in [0.25, 0.3) is 0 Å². The van der Waals surface area contributed by atoms with Gasteiger partial charge in [-0.1, -0.05) is 23.2 Å². The number of carbonyl (C=O) groups is 1. The number of ether oxygens (including phenoxy) is 1. The van der Waals surface area contributed by atoms with E-state index in [-0.39, 0.29) is 6.61 Å². The molecule has 0 aliphatic rings. The van der Waals surface area contributed by atoms with Crippen LogP contribution in [0, 0.1) is 5.41 Å². The van der Waals surface area contributed by atoms with E-state index in [1.807, 2.05) is 0 Å². The molecule has 0 spiro atoms. The molecule has 0 aromatic heterocycles. The lowest BCUT2D eigenvalue weighted by molar-refractivity contribution is -0.127. The second-order valence-corrected chi connectivity index (χ2v) is 4.96. The van der Waals surface area contributed by atoms with Gasteiger partial charge in [-0.2, -0.15) is 0 Å². The maximum Gasteiger partial charge on any atom is 0.226 e. The maximum atomic E-state index is 11.1. The fourth-order valence-corrected chi connectivity index (χ4v) is 1.38. The fraction of sp³-hybridized carbons (Fsp3) is 0.364. The molecule has 0 saturated carbocycles. The Labute approximate surface area is 104 Å². The summed E-state index contributed by atoms with van der Waals surface area (Å²) in [5, 5.41) is 0.944. The van der Waals surface area contributed by atoms with Crippen molar-refractivity contribution in [2.45, 2.75) is 13.8 Å². The molecule has 0 aliphatic heterocycles. The third-order valence-electron chi connectivity index (χ3n) is 2.15. The Balaban J connectivity index is 2.72. The molecule has 0 atom stereocenters. The summed E-state index contributed by atoms with van der Waals surface area (Å²) in [5.74, 6) is 0.0676. The molecule has 1 rings (SSSR count). The molecule has 0 unspecified atom stereocenters. The monoisotopic (exact) mass is 261 g/mol. The van der Waals surface area contributed by atoms with Gasteiger partial charge in [-0.15, -0.1) is 0 Å². The second kappa shape index (κ2) is 4.93. The third kappa shape index (κ3) is 3.29. The van der Waals surface area contributed by atoms with Crippen LogP contribution in [-0.4, -0.2) is 12.5 Å². The van der Waals surface area contributed by atoms with Crippen LogP contribution in [0.4, 0.5) is 0 Å². The van der Waals surface area contributed by atoms with Crippen LogP contribution in [-0.2, 0) is 4.79 Å². The molecule has 0 heterocycles. The van der Waals surface area contributed by atoms with Crippen LogP contribution < -0.4 is 10.5 Å². The number of hydrogen-bond donors (Lipinski definition) is 1. The quantitative estimate of drug-likeness (QED) is 0.906. The summed E-state index contributed by atoms with van der Waals surface area (Å²) in [5.41, 5.74) is 4.49. The molecule has 1 aromatic carbocycles. The SMILES string of the molecule is CC(C)(COc1ccc(Cl)cc1Cl)C(N)=O. The number of halogens is 2. The lowest BCUT2D eigenvalue weighted by Crippen LogP contribution is -2.36. The third-order valence-corrected chi connectivity index (χ3v) is 2.68. The first kappa shape index (κ1) is 13.1. The molecule has 0 bridgehead atoms. The van der Waals surface area contributed by atoms with Gasteiger partial charge in [0.05, 0.1) is 10.4 Å². The molecule has 0 saturated heterocycles. The van der Waals surface area contributed by atoms with Gasteiger partial charge < -0.3 is 10.5 Å². The smallest absolute Gasteiger partial charge is 0.226 e. The van der Waals surface area contributed by atoms with Crippen molar-refractivity contribution in [3.8, 4) is 5.75 Å². The number of rotatable bonds is 4. The van der Waals surface area contributed by atoms with Crippen LogP contribution in [0.3, 0.4) is 0 Å². The zero-order valence-corrected chi connectivity index (χ0v) is 10.6. The van der Waals surface area contributed by atoms with E-state index in [9.17, 15) is 4.79 Å². The highest BCUT2D eigenvalue weighted by Crippen LogP contribution is 2.29. The molecule has 5 heteroatoms. The Morgan fingerprint density at radius 3 is 2.56 bits per heavy atom. The van der Waals surface area contributed by atoms with Gasteiger partial charge in [-0.3, -0.25) is 4.79 Å². The standard InChI is InChI=1S/C11H13Cl2NO2/c1-11(2,10(14)15)6-16-9-4-3-7(12)5-8(9)13/h3-5H,6H2,1-2H3,(H2,14,15). The number of hydrogen-bond acceptors (Lipinski definition) is 2. The summed E-state index contributed by atoms with van der Waals surface area (Å²) < 4.78 is 5.43. The minimum atomic E-state index is -0.733. The average molecular weight is 262 g/mol. The highest BCUT2D eigenvalue weighted by molar-refractivity contribution is 6.35. The molecule has 3 nitrogen and oxygen atoms in total. The van der Waals surface area contributed by atoms with E-state index in [0.29, 0.717) is 15.8 Å². The van der Waals surface area contributed by atoms with E-state index >= 15 is 0 Å². The van der Waals surface area contributed by atoms with Crippen molar-refractivity contribution in [3.05, 3.63) is 28.2 Å². The van der Waals surface area contributed by atoms with E-state index in [0.717, 1.165) is 0 Å². The number of primary amides is 1. The number of carbonyl (C=O) groups excluding carboxylic acids is 1. The largest absolute Gasteiger partial charge is 0.491 e. The summed E-state index contributed by atoms with van der Waals surface area (Å²) in [6.45, 7) is 3.59. The zero-order valence-electron chi connectivity index (χ0n) is 9.09. The Bertz CT molecular complexity index is 405. The van der Waals surface area contributed by atoms with E-state index in [1.54, 1.807) is 32.0 Å². The number of benzene rings is 1. The summed E-state index contributed by atoms with van der Waals surface area (Å²) in [4.78, 5) is 11.1. The Morgan fingerprint density at radius 1 is 1.44 bits per heavy atom. The molecular formula is C11H13Cl2NO2. The van der Waals surface area contributed by atoms with Gasteiger partial charge in [-0.25, -0.2) is 0 Å². The summed E-state index contributed by atoms with van der Waals surface area (Å²) >= 11 is 11.7. The van der Waals surface area contributed by atoms with Gasteiger partial charge >= 0.3 is 0 Å². The zero-order chi connectivity index (χ0) is 12.3. The van der Waals surface area contributed by atoms with Crippen molar-refractivity contribution in [3.63, 3.8) is 0 Å². The molecule has 1 aromatic rings. The Hall–Kier alpha value is -0.930. The topological polar surface area (TPSA) is 52.3 Å². The van der Waals surface area contributed by atoms with Gasteiger partial charge in [-0.05, 0) is 32.0 Å². The highest BCUT2D eigenvalue weighted by atomic mass is 35.5. The van der Waals surface area contributed by atoms with Crippen molar-refractivity contribution in [1.82, 2.24) is 0 Å². The lowest BCUT2D eigenvalue weighted by atomic mass is 9.94. The van der Waals surface area contributed by atoms with Crippen LogP contribution in [0.2, 0.25) is 10.0 Å².